The predicted octanol–water partition coefficient (Wildman–Crippen LogP) is 3.94. The van der Waals surface area contributed by atoms with Gasteiger partial charge in [0.2, 0.25) is 17.7 Å². The Balaban J connectivity index is 1.39. The van der Waals surface area contributed by atoms with Crippen LogP contribution in [0.5, 0.6) is 0 Å². The van der Waals surface area contributed by atoms with E-state index in [1.807, 2.05) is 42.5 Å². The number of likely N-dealkylation sites (tertiary alicyclic amines) is 1. The number of amides is 3. The van der Waals surface area contributed by atoms with Crippen molar-refractivity contribution in [1.82, 2.24) is 4.90 Å². The van der Waals surface area contributed by atoms with Gasteiger partial charge in [-0.15, -0.1) is 0 Å². The summed E-state index contributed by atoms with van der Waals surface area (Å²) in [5.41, 5.74) is 0.681. The van der Waals surface area contributed by atoms with Crippen molar-refractivity contribution in [1.29, 1.82) is 0 Å². The highest BCUT2D eigenvalue weighted by molar-refractivity contribution is 9.12. The number of benzene rings is 2. The summed E-state index contributed by atoms with van der Waals surface area (Å²) in [4.78, 5) is 40.8. The van der Waals surface area contributed by atoms with E-state index in [9.17, 15) is 14.4 Å². The number of nitrogens with zero attached hydrogens (tertiary/aromatic N) is 1. The second kappa shape index (κ2) is 6.91. The lowest BCUT2D eigenvalue weighted by atomic mass is 9.81. The summed E-state index contributed by atoms with van der Waals surface area (Å²) in [6.45, 7) is 1.64. The maximum absolute atomic E-state index is 13.1. The van der Waals surface area contributed by atoms with Crippen molar-refractivity contribution < 1.29 is 14.4 Å². The molecule has 1 N–H and O–H groups in total. The molecule has 2 aromatic carbocycles. The van der Waals surface area contributed by atoms with E-state index in [0.717, 1.165) is 17.2 Å². The van der Waals surface area contributed by atoms with Gasteiger partial charge in [-0.1, -0.05) is 68.3 Å². The molecule has 3 fully saturated rings. The van der Waals surface area contributed by atoms with Crippen LogP contribution in [0, 0.1) is 23.7 Å². The van der Waals surface area contributed by atoms with Gasteiger partial charge in [-0.05, 0) is 36.6 Å². The van der Waals surface area contributed by atoms with Crippen LogP contribution in [-0.4, -0.2) is 38.3 Å². The van der Waals surface area contributed by atoms with Crippen LogP contribution in [0.2, 0.25) is 0 Å². The van der Waals surface area contributed by atoms with Gasteiger partial charge >= 0.3 is 0 Å². The summed E-state index contributed by atoms with van der Waals surface area (Å²) in [6.07, 6.45) is 0.878. The van der Waals surface area contributed by atoms with Gasteiger partial charge < -0.3 is 5.32 Å². The molecular weight excluding hydrogens is 500 g/mol. The van der Waals surface area contributed by atoms with Gasteiger partial charge in [-0.25, -0.2) is 0 Å². The zero-order valence-corrected chi connectivity index (χ0v) is 18.9. The highest BCUT2D eigenvalue weighted by Gasteiger charge is 2.67. The second-order valence-electron chi connectivity index (χ2n) is 8.24. The molecule has 7 heteroatoms. The third-order valence-corrected chi connectivity index (χ3v) is 10.0. The molecule has 7 atom stereocenters. The van der Waals surface area contributed by atoms with Crippen LogP contribution in [0.4, 0.5) is 5.69 Å². The van der Waals surface area contributed by atoms with Crippen LogP contribution in [0.25, 0.3) is 10.8 Å². The summed E-state index contributed by atoms with van der Waals surface area (Å²) >= 11 is 7.38. The molecule has 5 rings (SSSR count). The lowest BCUT2D eigenvalue weighted by molar-refractivity contribution is -0.146. The number of halogens is 2. The third-order valence-electron chi connectivity index (χ3n) is 6.84. The number of anilines is 1. The van der Waals surface area contributed by atoms with E-state index in [-0.39, 0.29) is 51.0 Å². The highest BCUT2D eigenvalue weighted by Crippen LogP contribution is 2.60. The van der Waals surface area contributed by atoms with Crippen LogP contribution in [0.3, 0.4) is 0 Å². The van der Waals surface area contributed by atoms with E-state index in [0.29, 0.717) is 5.69 Å². The maximum Gasteiger partial charge on any atom is 0.247 e. The molecule has 2 aromatic rings. The number of nitrogens with one attached hydrogen (secondary N) is 1. The number of hydrogen-bond acceptors (Lipinski definition) is 3. The first kappa shape index (κ1) is 19.2. The van der Waals surface area contributed by atoms with Crippen LogP contribution >= 0.6 is 31.9 Å². The monoisotopic (exact) mass is 518 g/mol. The summed E-state index contributed by atoms with van der Waals surface area (Å²) < 4.78 is 0. The first-order valence-corrected chi connectivity index (χ1v) is 11.7. The van der Waals surface area contributed by atoms with E-state index in [1.54, 1.807) is 6.92 Å². The van der Waals surface area contributed by atoms with Crippen molar-refractivity contribution in [2.45, 2.75) is 29.0 Å². The normalized spacial score (nSPS) is 34.0. The van der Waals surface area contributed by atoms with Crippen LogP contribution in [0.1, 0.15) is 13.3 Å². The van der Waals surface area contributed by atoms with Gasteiger partial charge in [0.15, 0.2) is 0 Å². The van der Waals surface area contributed by atoms with E-state index < -0.39 is 6.04 Å². The van der Waals surface area contributed by atoms with Gasteiger partial charge in [-0.2, -0.15) is 0 Å². The molecule has 1 aliphatic heterocycles. The van der Waals surface area contributed by atoms with Gasteiger partial charge in [-0.3, -0.25) is 19.3 Å². The fraction of sp³-hybridized carbons (Fsp3) is 0.409. The number of rotatable bonds is 3. The minimum Gasteiger partial charge on any atom is -0.324 e. The average molecular weight is 520 g/mol. The number of carbonyl (C=O) groups excluding carboxylic acids is 3. The van der Waals surface area contributed by atoms with Gasteiger partial charge in [0, 0.05) is 20.7 Å². The number of imide groups is 1. The number of alkyl halides is 2. The van der Waals surface area contributed by atoms with Crippen molar-refractivity contribution in [2.24, 2.45) is 23.7 Å². The molecule has 3 aliphatic rings. The van der Waals surface area contributed by atoms with Gasteiger partial charge in [0.25, 0.3) is 0 Å². The molecule has 29 heavy (non-hydrogen) atoms. The Morgan fingerprint density at radius 2 is 1.59 bits per heavy atom. The Bertz CT molecular complexity index is 1000. The molecule has 0 radical (unpaired) electrons. The predicted molar refractivity (Wildman–Crippen MR) is 118 cm³/mol. The fourth-order valence-corrected chi connectivity index (χ4v) is 7.32. The number of carbonyl (C=O) groups is 3. The first-order chi connectivity index (χ1) is 13.9. The molecule has 0 aromatic heterocycles. The van der Waals surface area contributed by atoms with Crippen molar-refractivity contribution >= 4 is 66.0 Å². The fourth-order valence-electron chi connectivity index (χ4n) is 5.44. The van der Waals surface area contributed by atoms with Crippen LogP contribution < -0.4 is 5.32 Å². The van der Waals surface area contributed by atoms with E-state index >= 15 is 0 Å². The Morgan fingerprint density at radius 3 is 2.24 bits per heavy atom. The van der Waals surface area contributed by atoms with Crippen molar-refractivity contribution in [2.75, 3.05) is 5.32 Å². The van der Waals surface area contributed by atoms with Gasteiger partial charge in [0.1, 0.15) is 6.04 Å². The van der Waals surface area contributed by atoms with Crippen molar-refractivity contribution in [3.8, 4) is 0 Å². The Morgan fingerprint density at radius 1 is 1.00 bits per heavy atom. The van der Waals surface area contributed by atoms with Crippen LogP contribution in [-0.2, 0) is 14.4 Å². The zero-order valence-electron chi connectivity index (χ0n) is 15.7. The van der Waals surface area contributed by atoms with Crippen molar-refractivity contribution in [3.63, 3.8) is 0 Å². The van der Waals surface area contributed by atoms with E-state index in [2.05, 4.69) is 37.2 Å². The number of fused-ring (bicyclic) bond motifs is 6. The first-order valence-electron chi connectivity index (χ1n) is 9.84. The molecule has 3 amide bonds. The average Bonchev–Trinajstić information content (AvgIpc) is 3.32. The minimum absolute atomic E-state index is 0.143. The lowest BCUT2D eigenvalue weighted by Gasteiger charge is -2.28. The Kier molecular flexibility index (Phi) is 4.59. The van der Waals surface area contributed by atoms with Crippen LogP contribution in [0.15, 0.2) is 42.5 Å². The molecule has 5 nitrogen and oxygen atoms in total. The molecule has 1 heterocycles. The molecule has 0 unspecified atom stereocenters. The van der Waals surface area contributed by atoms with E-state index in [4.69, 9.17) is 0 Å². The lowest BCUT2D eigenvalue weighted by Crippen LogP contribution is -2.46. The summed E-state index contributed by atoms with van der Waals surface area (Å²) in [7, 11) is 0. The third kappa shape index (κ3) is 2.73. The molecular formula is C22H20Br2N2O3. The van der Waals surface area contributed by atoms with Crippen molar-refractivity contribution in [3.05, 3.63) is 42.5 Å². The summed E-state index contributed by atoms with van der Waals surface area (Å²) in [6, 6.07) is 12.6. The Labute approximate surface area is 185 Å². The largest absolute Gasteiger partial charge is 0.324 e. The van der Waals surface area contributed by atoms with Gasteiger partial charge in [0.05, 0.1) is 11.8 Å². The SMILES string of the molecule is C[C@H](C(=O)Nc1cccc2ccccc12)N1C(=O)[C@@H]2[C@@H]3C[C@H]([C@H](Br)[C@@H]3Br)[C@@H]2C1=O. The summed E-state index contributed by atoms with van der Waals surface area (Å²) in [5, 5.41) is 4.86. The molecule has 2 saturated carbocycles. The quantitative estimate of drug-likeness (QED) is 0.493. The molecule has 2 aliphatic carbocycles. The standard InChI is InChI=1S/C22H20Br2N2O3/c1-10(20(27)25-15-8-4-6-11-5-2-3-7-12(11)15)26-21(28)16-13-9-14(17(16)22(26)29)19(24)18(13)23/h2-8,10,13-14,16-19H,9H2,1H3,(H,25,27)/t10-,13+,14+,16-,17+,18-,19+/m1/s1. The second-order valence-corrected chi connectivity index (χ2v) is 10.4. The van der Waals surface area contributed by atoms with E-state index in [1.165, 1.54) is 4.90 Å². The Hall–Kier alpha value is -1.73. The molecule has 0 spiro atoms. The maximum atomic E-state index is 13.1. The molecule has 150 valence electrons. The molecule has 2 bridgehead atoms. The summed E-state index contributed by atoms with van der Waals surface area (Å²) in [5.74, 6) is -1.07. The highest BCUT2D eigenvalue weighted by atomic mass is 79.9. The smallest absolute Gasteiger partial charge is 0.247 e. The minimum atomic E-state index is -0.846. The topological polar surface area (TPSA) is 66.5 Å². The zero-order chi connectivity index (χ0) is 20.4. The number of hydrogen-bond donors (Lipinski definition) is 1. The molecule has 1 saturated heterocycles.